The van der Waals surface area contributed by atoms with Crippen molar-refractivity contribution in [3.05, 3.63) is 76.2 Å². The molecule has 0 saturated heterocycles. The van der Waals surface area contributed by atoms with E-state index in [0.717, 1.165) is 0 Å². The van der Waals surface area contributed by atoms with Gasteiger partial charge in [0, 0.05) is 30.4 Å². The molecule has 3 aromatic rings. The van der Waals surface area contributed by atoms with Gasteiger partial charge in [-0.3, -0.25) is 4.79 Å². The number of methoxy groups -OCH3 is 1. The molecule has 144 valence electrons. The van der Waals surface area contributed by atoms with Crippen molar-refractivity contribution in [2.75, 3.05) is 19.1 Å². The van der Waals surface area contributed by atoms with Crippen LogP contribution in [0, 0.1) is 5.82 Å². The first-order valence-electron chi connectivity index (χ1n) is 8.10. The average molecular weight is 421 g/mol. The number of aromatic nitrogens is 1. The van der Waals surface area contributed by atoms with Crippen LogP contribution in [0.15, 0.2) is 54.7 Å². The molecule has 2 aromatic carbocycles. The Labute approximate surface area is 171 Å². The van der Waals surface area contributed by atoms with Gasteiger partial charge < -0.3 is 14.4 Å². The Morgan fingerprint density at radius 1 is 1.11 bits per heavy atom. The summed E-state index contributed by atoms with van der Waals surface area (Å²) in [6, 6.07) is 11.8. The number of benzene rings is 2. The lowest BCUT2D eigenvalue weighted by molar-refractivity contribution is 0.0989. The van der Waals surface area contributed by atoms with Gasteiger partial charge in [0.25, 0.3) is 5.91 Å². The third-order valence-corrected chi connectivity index (χ3v) is 4.46. The van der Waals surface area contributed by atoms with Crippen LogP contribution in [0.1, 0.15) is 10.4 Å². The van der Waals surface area contributed by atoms with Gasteiger partial charge in [-0.2, -0.15) is 0 Å². The molecule has 0 N–H and O–H groups in total. The predicted octanol–water partition coefficient (Wildman–Crippen LogP) is 5.61. The van der Waals surface area contributed by atoms with Crippen LogP contribution in [0.4, 0.5) is 10.1 Å². The minimum atomic E-state index is -0.496. The van der Waals surface area contributed by atoms with Gasteiger partial charge in [0.05, 0.1) is 17.8 Å². The molecule has 0 unspecified atom stereocenters. The molecule has 1 aromatic heterocycles. The molecule has 0 bridgehead atoms. The lowest BCUT2D eigenvalue weighted by Crippen LogP contribution is -2.27. The van der Waals surface area contributed by atoms with Crippen LogP contribution in [-0.2, 0) is 0 Å². The topological polar surface area (TPSA) is 51.7 Å². The number of hydrogen-bond donors (Lipinski definition) is 0. The van der Waals surface area contributed by atoms with Crippen molar-refractivity contribution in [2.45, 2.75) is 0 Å². The van der Waals surface area contributed by atoms with E-state index in [1.165, 1.54) is 49.5 Å². The van der Waals surface area contributed by atoms with Crippen molar-refractivity contribution < 1.29 is 18.7 Å². The lowest BCUT2D eigenvalue weighted by atomic mass is 10.2. The molecule has 28 heavy (non-hydrogen) atoms. The summed E-state index contributed by atoms with van der Waals surface area (Å²) >= 11 is 12.1. The third-order valence-electron chi connectivity index (χ3n) is 3.91. The van der Waals surface area contributed by atoms with Crippen LogP contribution >= 0.6 is 23.2 Å². The van der Waals surface area contributed by atoms with Gasteiger partial charge in [0.1, 0.15) is 22.9 Å². The van der Waals surface area contributed by atoms with Crippen molar-refractivity contribution in [3.63, 3.8) is 0 Å². The fraction of sp³-hybridized carbons (Fsp3) is 0.100. The number of carbonyl (C=O) groups is 1. The molecule has 0 radical (unpaired) electrons. The highest BCUT2D eigenvalue weighted by atomic mass is 35.5. The van der Waals surface area contributed by atoms with Crippen LogP contribution in [-0.4, -0.2) is 25.0 Å². The molecular weight excluding hydrogens is 406 g/mol. The summed E-state index contributed by atoms with van der Waals surface area (Å²) in [5.41, 5.74) is 0.426. The molecule has 0 aliphatic rings. The van der Waals surface area contributed by atoms with E-state index in [9.17, 15) is 9.18 Å². The Hall–Kier alpha value is -2.83. The van der Waals surface area contributed by atoms with Crippen LogP contribution < -0.4 is 14.4 Å². The van der Waals surface area contributed by atoms with Gasteiger partial charge in [-0.05, 0) is 36.4 Å². The van der Waals surface area contributed by atoms with Gasteiger partial charge in [-0.15, -0.1) is 0 Å². The van der Waals surface area contributed by atoms with Crippen molar-refractivity contribution in [3.8, 4) is 17.4 Å². The summed E-state index contributed by atoms with van der Waals surface area (Å²) < 4.78 is 24.7. The maximum atomic E-state index is 13.7. The number of rotatable bonds is 5. The van der Waals surface area contributed by atoms with Crippen molar-refractivity contribution in [2.24, 2.45) is 0 Å². The van der Waals surface area contributed by atoms with Crippen molar-refractivity contribution >= 4 is 34.8 Å². The average Bonchev–Trinajstić information content (AvgIpc) is 2.70. The zero-order valence-electron chi connectivity index (χ0n) is 14.9. The molecule has 0 aliphatic carbocycles. The first-order valence-corrected chi connectivity index (χ1v) is 8.86. The molecule has 0 fully saturated rings. The first kappa shape index (κ1) is 19.9. The fourth-order valence-electron chi connectivity index (χ4n) is 2.51. The number of ether oxygens (including phenoxy) is 2. The Balaban J connectivity index is 1.97. The number of pyridine rings is 1. The highest BCUT2D eigenvalue weighted by Gasteiger charge is 2.22. The summed E-state index contributed by atoms with van der Waals surface area (Å²) in [7, 11) is 2.94. The molecule has 0 saturated carbocycles. The Morgan fingerprint density at radius 3 is 2.64 bits per heavy atom. The highest BCUT2D eigenvalue weighted by molar-refractivity contribution is 6.34. The lowest BCUT2D eigenvalue weighted by Gasteiger charge is -2.21. The predicted molar refractivity (Wildman–Crippen MR) is 106 cm³/mol. The van der Waals surface area contributed by atoms with Gasteiger partial charge in [0.2, 0.25) is 5.88 Å². The molecule has 8 heteroatoms. The van der Waals surface area contributed by atoms with Crippen LogP contribution in [0.3, 0.4) is 0 Å². The summed E-state index contributed by atoms with van der Waals surface area (Å²) in [5.74, 6) is -0.317. The highest BCUT2D eigenvalue weighted by Crippen LogP contribution is 2.34. The van der Waals surface area contributed by atoms with Gasteiger partial charge >= 0.3 is 0 Å². The fourth-order valence-corrected chi connectivity index (χ4v) is 2.83. The Kier molecular flexibility index (Phi) is 6.02. The van der Waals surface area contributed by atoms with E-state index < -0.39 is 11.7 Å². The SMILES string of the molecule is COc1ccc(F)cc1N(C)C(=O)c1cccnc1Oc1cc(Cl)ccc1Cl. The molecular formula is C20H15Cl2FN2O3. The van der Waals surface area contributed by atoms with Gasteiger partial charge in [0.15, 0.2) is 0 Å². The second-order valence-corrected chi connectivity index (χ2v) is 6.56. The normalized spacial score (nSPS) is 10.5. The summed E-state index contributed by atoms with van der Waals surface area (Å²) in [4.78, 5) is 18.4. The van der Waals surface area contributed by atoms with E-state index in [1.54, 1.807) is 24.3 Å². The van der Waals surface area contributed by atoms with Gasteiger partial charge in [-0.25, -0.2) is 9.37 Å². The molecule has 1 amide bonds. The minimum absolute atomic E-state index is 0.0406. The molecule has 0 spiro atoms. The van der Waals surface area contributed by atoms with Crippen LogP contribution in [0.2, 0.25) is 10.0 Å². The van der Waals surface area contributed by atoms with Crippen molar-refractivity contribution in [1.82, 2.24) is 4.98 Å². The summed E-state index contributed by atoms with van der Waals surface area (Å²) in [6.45, 7) is 0. The van der Waals surface area contributed by atoms with E-state index in [4.69, 9.17) is 32.7 Å². The minimum Gasteiger partial charge on any atom is -0.495 e. The van der Waals surface area contributed by atoms with E-state index in [0.29, 0.717) is 15.8 Å². The monoisotopic (exact) mass is 420 g/mol. The number of halogens is 3. The number of carbonyl (C=O) groups excluding carboxylic acids is 1. The summed E-state index contributed by atoms with van der Waals surface area (Å²) in [5, 5.41) is 0.735. The largest absolute Gasteiger partial charge is 0.495 e. The van der Waals surface area contributed by atoms with E-state index >= 15 is 0 Å². The van der Waals surface area contributed by atoms with Crippen molar-refractivity contribution in [1.29, 1.82) is 0 Å². The van der Waals surface area contributed by atoms with E-state index in [1.807, 2.05) is 0 Å². The van der Waals surface area contributed by atoms with E-state index in [2.05, 4.69) is 4.98 Å². The Morgan fingerprint density at radius 2 is 1.89 bits per heavy atom. The molecule has 0 atom stereocenters. The first-order chi connectivity index (χ1) is 13.4. The maximum absolute atomic E-state index is 13.7. The number of hydrogen-bond acceptors (Lipinski definition) is 4. The van der Waals surface area contributed by atoms with Crippen LogP contribution in [0.5, 0.6) is 17.4 Å². The third kappa shape index (κ3) is 4.18. The van der Waals surface area contributed by atoms with Crippen LogP contribution in [0.25, 0.3) is 0 Å². The van der Waals surface area contributed by atoms with E-state index in [-0.39, 0.29) is 22.9 Å². The second-order valence-electron chi connectivity index (χ2n) is 5.71. The van der Waals surface area contributed by atoms with Gasteiger partial charge in [-0.1, -0.05) is 23.2 Å². The number of anilines is 1. The number of nitrogens with zero attached hydrogens (tertiary/aromatic N) is 2. The Bertz CT molecular complexity index is 1030. The molecule has 1 heterocycles. The maximum Gasteiger partial charge on any atom is 0.263 e. The molecule has 3 rings (SSSR count). The quantitative estimate of drug-likeness (QED) is 0.538. The zero-order chi connectivity index (χ0) is 20.3. The standard InChI is InChI=1S/C20H15Cl2FN2O3/c1-25(16-11-13(23)6-8-17(16)27-2)20(26)14-4-3-9-24-19(14)28-18-10-12(21)5-7-15(18)22/h3-11H,1-2H3. The zero-order valence-corrected chi connectivity index (χ0v) is 16.5. The number of amides is 1. The molecule has 0 aliphatic heterocycles. The smallest absolute Gasteiger partial charge is 0.263 e. The second kappa shape index (κ2) is 8.46. The molecule has 5 nitrogen and oxygen atoms in total. The summed E-state index contributed by atoms with van der Waals surface area (Å²) in [6.07, 6.45) is 1.48.